The molecule has 0 aromatic carbocycles. The first-order valence-corrected chi connectivity index (χ1v) is 8.18. The second-order valence-electron chi connectivity index (χ2n) is 6.52. The van der Waals surface area contributed by atoms with Crippen molar-refractivity contribution in [2.24, 2.45) is 0 Å². The van der Waals surface area contributed by atoms with Crippen molar-refractivity contribution in [3.05, 3.63) is 12.7 Å². The van der Waals surface area contributed by atoms with Gasteiger partial charge in [0.15, 0.2) is 0 Å². The first-order chi connectivity index (χ1) is 7.59. The Labute approximate surface area is 109 Å². The molecule has 2 nitrogen and oxygen atoms in total. The molecule has 0 aromatic rings. The van der Waals surface area contributed by atoms with Crippen LogP contribution in [0.1, 0.15) is 61.3 Å². The quantitative estimate of drug-likeness (QED) is 0.525. The SMILES string of the molecule is C=CC(CCC)[SiH](OC(C)(C)C)OC(C)(C)C. The van der Waals surface area contributed by atoms with Gasteiger partial charge < -0.3 is 8.85 Å². The van der Waals surface area contributed by atoms with E-state index in [1.165, 1.54) is 0 Å². The molecule has 0 amide bonds. The second-order valence-corrected chi connectivity index (χ2v) is 8.58. The molecule has 17 heavy (non-hydrogen) atoms. The van der Waals surface area contributed by atoms with Crippen LogP contribution in [-0.4, -0.2) is 20.5 Å². The fourth-order valence-electron chi connectivity index (χ4n) is 1.59. The van der Waals surface area contributed by atoms with Gasteiger partial charge in [0.1, 0.15) is 0 Å². The van der Waals surface area contributed by atoms with Crippen molar-refractivity contribution < 1.29 is 8.85 Å². The maximum absolute atomic E-state index is 6.16. The highest BCUT2D eigenvalue weighted by molar-refractivity contribution is 6.47. The largest absolute Gasteiger partial charge is 0.391 e. The highest BCUT2D eigenvalue weighted by atomic mass is 28.3. The number of allylic oxidation sites excluding steroid dienone is 1. The lowest BCUT2D eigenvalue weighted by Gasteiger charge is -2.35. The lowest BCUT2D eigenvalue weighted by atomic mass is 10.2. The van der Waals surface area contributed by atoms with Gasteiger partial charge in [0, 0.05) is 16.7 Å². The second kappa shape index (κ2) is 6.71. The number of hydrogen-bond acceptors (Lipinski definition) is 2. The van der Waals surface area contributed by atoms with E-state index in [1.807, 2.05) is 6.08 Å². The number of rotatable bonds is 6. The molecule has 0 radical (unpaired) electrons. The van der Waals surface area contributed by atoms with E-state index in [0.29, 0.717) is 5.54 Å². The Kier molecular flexibility index (Phi) is 6.67. The van der Waals surface area contributed by atoms with Gasteiger partial charge in [-0.15, -0.1) is 6.58 Å². The fourth-order valence-corrected chi connectivity index (χ4v) is 4.21. The number of hydrogen-bond donors (Lipinski definition) is 0. The van der Waals surface area contributed by atoms with Crippen LogP contribution in [0.5, 0.6) is 0 Å². The van der Waals surface area contributed by atoms with Crippen LogP contribution >= 0.6 is 0 Å². The molecule has 0 heterocycles. The Bertz CT molecular complexity index is 209. The Morgan fingerprint density at radius 1 is 1.06 bits per heavy atom. The highest BCUT2D eigenvalue weighted by Crippen LogP contribution is 2.27. The van der Waals surface area contributed by atoms with Gasteiger partial charge in [-0.05, 0) is 48.0 Å². The molecule has 0 rings (SSSR count). The lowest BCUT2D eigenvalue weighted by Crippen LogP contribution is -2.41. The molecule has 1 unspecified atom stereocenters. The van der Waals surface area contributed by atoms with Gasteiger partial charge in [-0.2, -0.15) is 0 Å². The van der Waals surface area contributed by atoms with Gasteiger partial charge in [-0.1, -0.05) is 19.4 Å². The average Bonchev–Trinajstić information content (AvgIpc) is 2.08. The van der Waals surface area contributed by atoms with Crippen molar-refractivity contribution >= 4 is 9.28 Å². The molecule has 0 bridgehead atoms. The first-order valence-electron chi connectivity index (χ1n) is 6.57. The minimum Gasteiger partial charge on any atom is -0.391 e. The van der Waals surface area contributed by atoms with E-state index in [0.717, 1.165) is 12.8 Å². The zero-order valence-electron chi connectivity index (χ0n) is 12.7. The molecule has 0 spiro atoms. The Hall–Kier alpha value is -0.123. The zero-order valence-corrected chi connectivity index (χ0v) is 13.8. The molecule has 0 saturated carbocycles. The maximum Gasteiger partial charge on any atom is 0.329 e. The van der Waals surface area contributed by atoms with Crippen molar-refractivity contribution in [2.45, 2.75) is 78.1 Å². The van der Waals surface area contributed by atoms with E-state index in [4.69, 9.17) is 8.85 Å². The lowest BCUT2D eigenvalue weighted by molar-refractivity contribution is 0.0305. The van der Waals surface area contributed by atoms with E-state index in [2.05, 4.69) is 55.0 Å². The fraction of sp³-hybridized carbons (Fsp3) is 0.857. The minimum atomic E-state index is -1.73. The third-order valence-electron chi connectivity index (χ3n) is 2.21. The molecule has 0 aromatic heterocycles. The molecule has 0 aliphatic carbocycles. The van der Waals surface area contributed by atoms with Gasteiger partial charge in [0.2, 0.25) is 0 Å². The molecular formula is C14H30O2Si. The molecule has 0 aliphatic heterocycles. The Balaban J connectivity index is 4.75. The third kappa shape index (κ3) is 8.58. The smallest absolute Gasteiger partial charge is 0.329 e. The van der Waals surface area contributed by atoms with Crippen LogP contribution < -0.4 is 0 Å². The summed E-state index contributed by atoms with van der Waals surface area (Å²) in [6, 6.07) is 0. The molecule has 0 fully saturated rings. The van der Waals surface area contributed by atoms with Crippen LogP contribution in [0.15, 0.2) is 12.7 Å². The molecule has 0 saturated heterocycles. The van der Waals surface area contributed by atoms with Crippen molar-refractivity contribution in [3.8, 4) is 0 Å². The summed E-state index contributed by atoms with van der Waals surface area (Å²) < 4.78 is 12.3. The van der Waals surface area contributed by atoms with Crippen molar-refractivity contribution in [3.63, 3.8) is 0 Å². The summed E-state index contributed by atoms with van der Waals surface area (Å²) in [6.07, 6.45) is 4.26. The van der Waals surface area contributed by atoms with Gasteiger partial charge in [-0.25, -0.2) is 0 Å². The van der Waals surface area contributed by atoms with E-state index in [9.17, 15) is 0 Å². The summed E-state index contributed by atoms with van der Waals surface area (Å²) in [4.78, 5) is 0. The minimum absolute atomic E-state index is 0.142. The Morgan fingerprint density at radius 3 is 1.71 bits per heavy atom. The first kappa shape index (κ1) is 16.9. The third-order valence-corrected chi connectivity index (χ3v) is 5.40. The average molecular weight is 258 g/mol. The van der Waals surface area contributed by atoms with Crippen LogP contribution in [0.4, 0.5) is 0 Å². The summed E-state index contributed by atoms with van der Waals surface area (Å²) in [7, 11) is -1.73. The van der Waals surface area contributed by atoms with Gasteiger partial charge in [-0.3, -0.25) is 0 Å². The van der Waals surface area contributed by atoms with E-state index in [-0.39, 0.29) is 11.2 Å². The summed E-state index contributed by atoms with van der Waals surface area (Å²) in [6.45, 7) is 18.7. The maximum atomic E-state index is 6.16. The topological polar surface area (TPSA) is 18.5 Å². The Morgan fingerprint density at radius 2 is 1.47 bits per heavy atom. The van der Waals surface area contributed by atoms with E-state index < -0.39 is 9.28 Å². The van der Waals surface area contributed by atoms with Gasteiger partial charge >= 0.3 is 9.28 Å². The summed E-state index contributed by atoms with van der Waals surface area (Å²) >= 11 is 0. The normalized spacial score (nSPS) is 15.1. The van der Waals surface area contributed by atoms with Crippen LogP contribution in [0, 0.1) is 0 Å². The van der Waals surface area contributed by atoms with Crippen LogP contribution in [0.3, 0.4) is 0 Å². The molecule has 0 N–H and O–H groups in total. The van der Waals surface area contributed by atoms with E-state index in [1.54, 1.807) is 0 Å². The molecular weight excluding hydrogens is 228 g/mol. The van der Waals surface area contributed by atoms with Crippen LogP contribution in [-0.2, 0) is 8.85 Å². The predicted octanol–water partition coefficient (Wildman–Crippen LogP) is 4.19. The summed E-state index contributed by atoms with van der Waals surface area (Å²) in [5, 5.41) is 0. The van der Waals surface area contributed by atoms with Crippen molar-refractivity contribution in [1.82, 2.24) is 0 Å². The van der Waals surface area contributed by atoms with Gasteiger partial charge in [0.25, 0.3) is 0 Å². The predicted molar refractivity (Wildman–Crippen MR) is 77.7 cm³/mol. The van der Waals surface area contributed by atoms with E-state index >= 15 is 0 Å². The monoisotopic (exact) mass is 258 g/mol. The molecule has 102 valence electrons. The van der Waals surface area contributed by atoms with Gasteiger partial charge in [0.05, 0.1) is 0 Å². The molecule has 1 atom stereocenters. The standard InChI is InChI=1S/C14H30O2Si/c1-9-11-12(10-2)17(15-13(3,4)5)16-14(6,7)8/h10,12,17H,2,9,11H2,1,3-8H3. The summed E-state index contributed by atoms with van der Waals surface area (Å²) in [5.74, 6) is 0. The summed E-state index contributed by atoms with van der Waals surface area (Å²) in [5.41, 5.74) is 0.104. The van der Waals surface area contributed by atoms with Crippen LogP contribution in [0.2, 0.25) is 5.54 Å². The molecule has 0 aliphatic rings. The zero-order chi connectivity index (χ0) is 13.7. The van der Waals surface area contributed by atoms with Crippen LogP contribution in [0.25, 0.3) is 0 Å². The van der Waals surface area contributed by atoms with Crippen molar-refractivity contribution in [2.75, 3.05) is 0 Å². The highest BCUT2D eigenvalue weighted by Gasteiger charge is 2.31. The molecule has 3 heteroatoms. The van der Waals surface area contributed by atoms with Crippen molar-refractivity contribution in [1.29, 1.82) is 0 Å².